The summed E-state index contributed by atoms with van der Waals surface area (Å²) >= 11 is 0. The average Bonchev–Trinajstić information content (AvgIpc) is 1.95. The summed E-state index contributed by atoms with van der Waals surface area (Å²) in [6.45, 7) is 1.65. The van der Waals surface area contributed by atoms with Gasteiger partial charge < -0.3 is 11.1 Å². The monoisotopic (exact) mass is 198 g/mol. The maximum absolute atomic E-state index is 11.6. The summed E-state index contributed by atoms with van der Waals surface area (Å²) < 4.78 is 34.9. The van der Waals surface area contributed by atoms with Crippen LogP contribution in [0.1, 0.15) is 19.8 Å². The molecular weight excluding hydrogens is 185 g/mol. The number of hydrogen-bond donors (Lipinski definition) is 2. The normalized spacial score (nSPS) is 14.2. The lowest BCUT2D eigenvalue weighted by atomic mass is 10.2. The van der Waals surface area contributed by atoms with E-state index < -0.39 is 24.5 Å². The second-order valence-electron chi connectivity index (χ2n) is 2.80. The zero-order chi connectivity index (χ0) is 10.5. The zero-order valence-corrected chi connectivity index (χ0v) is 7.32. The lowest BCUT2D eigenvalue weighted by Crippen LogP contribution is -2.39. The van der Waals surface area contributed by atoms with Crippen LogP contribution in [-0.2, 0) is 4.79 Å². The van der Waals surface area contributed by atoms with E-state index in [1.807, 2.05) is 0 Å². The first-order valence-corrected chi connectivity index (χ1v) is 3.92. The molecule has 3 N–H and O–H groups in total. The van der Waals surface area contributed by atoms with Crippen molar-refractivity contribution in [1.29, 1.82) is 0 Å². The van der Waals surface area contributed by atoms with Gasteiger partial charge in [-0.25, -0.2) is 0 Å². The van der Waals surface area contributed by atoms with Crippen LogP contribution < -0.4 is 11.1 Å². The molecule has 78 valence electrons. The first kappa shape index (κ1) is 12.2. The van der Waals surface area contributed by atoms with Crippen molar-refractivity contribution < 1.29 is 18.0 Å². The Balaban J connectivity index is 3.41. The highest BCUT2D eigenvalue weighted by atomic mass is 19.4. The standard InChI is InChI=1S/C7H13F3N2O/c1-5(6(11)13)12-4-2-3-7(8,9)10/h5,12H,2-4H2,1H3,(H2,11,13). The Labute approximate surface area is 74.5 Å². The van der Waals surface area contributed by atoms with Gasteiger partial charge >= 0.3 is 6.18 Å². The Morgan fingerprint density at radius 2 is 2.08 bits per heavy atom. The number of primary amides is 1. The van der Waals surface area contributed by atoms with E-state index in [0.717, 1.165) is 0 Å². The van der Waals surface area contributed by atoms with Gasteiger partial charge in [0.1, 0.15) is 0 Å². The minimum absolute atomic E-state index is 0.0406. The summed E-state index contributed by atoms with van der Waals surface area (Å²) in [4.78, 5) is 10.4. The van der Waals surface area contributed by atoms with Gasteiger partial charge in [0.2, 0.25) is 5.91 Å². The van der Waals surface area contributed by atoms with Gasteiger partial charge in [0, 0.05) is 6.42 Å². The molecule has 6 heteroatoms. The Bertz CT molecular complexity index is 170. The van der Waals surface area contributed by atoms with Crippen molar-refractivity contribution in [2.45, 2.75) is 32.0 Å². The molecule has 1 amide bonds. The average molecular weight is 198 g/mol. The number of nitrogens with one attached hydrogen (secondary N) is 1. The van der Waals surface area contributed by atoms with Crippen molar-refractivity contribution in [2.75, 3.05) is 6.54 Å². The van der Waals surface area contributed by atoms with Gasteiger partial charge in [0.05, 0.1) is 6.04 Å². The van der Waals surface area contributed by atoms with E-state index in [4.69, 9.17) is 5.73 Å². The molecule has 0 aliphatic heterocycles. The smallest absolute Gasteiger partial charge is 0.368 e. The zero-order valence-electron chi connectivity index (χ0n) is 7.32. The maximum atomic E-state index is 11.6. The predicted octanol–water partition coefficient (Wildman–Crippen LogP) is 0.792. The molecule has 0 bridgehead atoms. The van der Waals surface area contributed by atoms with E-state index in [2.05, 4.69) is 5.32 Å². The second-order valence-corrected chi connectivity index (χ2v) is 2.80. The van der Waals surface area contributed by atoms with Gasteiger partial charge in [-0.05, 0) is 19.9 Å². The molecule has 13 heavy (non-hydrogen) atoms. The van der Waals surface area contributed by atoms with Crippen molar-refractivity contribution in [1.82, 2.24) is 5.32 Å². The quantitative estimate of drug-likeness (QED) is 0.642. The van der Waals surface area contributed by atoms with Gasteiger partial charge in [-0.15, -0.1) is 0 Å². The van der Waals surface area contributed by atoms with Crippen LogP contribution in [-0.4, -0.2) is 24.7 Å². The van der Waals surface area contributed by atoms with Gasteiger partial charge in [-0.3, -0.25) is 4.79 Å². The number of halogens is 3. The van der Waals surface area contributed by atoms with Crippen molar-refractivity contribution in [3.05, 3.63) is 0 Å². The fourth-order valence-corrected chi connectivity index (χ4v) is 0.708. The largest absolute Gasteiger partial charge is 0.389 e. The lowest BCUT2D eigenvalue weighted by molar-refractivity contribution is -0.135. The Morgan fingerprint density at radius 1 is 1.54 bits per heavy atom. The SMILES string of the molecule is CC(NCCCC(F)(F)F)C(N)=O. The summed E-state index contributed by atoms with van der Waals surface area (Å²) in [5, 5.41) is 2.58. The van der Waals surface area contributed by atoms with Crippen LogP contribution in [0.5, 0.6) is 0 Å². The molecule has 0 fully saturated rings. The minimum Gasteiger partial charge on any atom is -0.368 e. The molecule has 0 aromatic rings. The molecule has 0 aliphatic rings. The fourth-order valence-electron chi connectivity index (χ4n) is 0.708. The molecule has 0 aromatic carbocycles. The molecule has 0 heterocycles. The number of alkyl halides is 3. The van der Waals surface area contributed by atoms with Crippen molar-refractivity contribution in [3.8, 4) is 0 Å². The molecule has 1 atom stereocenters. The number of rotatable bonds is 5. The van der Waals surface area contributed by atoms with Crippen LogP contribution in [0.3, 0.4) is 0 Å². The Hall–Kier alpha value is -0.780. The molecule has 0 aromatic heterocycles. The Morgan fingerprint density at radius 3 is 2.46 bits per heavy atom. The molecule has 0 rings (SSSR count). The third kappa shape index (κ3) is 7.58. The fraction of sp³-hybridized carbons (Fsp3) is 0.857. The van der Waals surface area contributed by atoms with Crippen LogP contribution in [0.2, 0.25) is 0 Å². The van der Waals surface area contributed by atoms with E-state index in [1.54, 1.807) is 0 Å². The molecule has 0 saturated heterocycles. The lowest BCUT2D eigenvalue weighted by Gasteiger charge is -2.10. The summed E-state index contributed by atoms with van der Waals surface area (Å²) in [7, 11) is 0. The highest BCUT2D eigenvalue weighted by molar-refractivity contribution is 5.79. The number of carbonyl (C=O) groups is 1. The number of amides is 1. The molecule has 3 nitrogen and oxygen atoms in total. The molecule has 1 unspecified atom stereocenters. The summed E-state index contributed by atoms with van der Waals surface area (Å²) in [6.07, 6.45) is -5.01. The molecule has 0 aliphatic carbocycles. The summed E-state index contributed by atoms with van der Waals surface area (Å²) in [5.41, 5.74) is 4.88. The van der Waals surface area contributed by atoms with Gasteiger partial charge in [-0.1, -0.05) is 0 Å². The summed E-state index contributed by atoms with van der Waals surface area (Å²) in [6, 6.07) is -0.576. The van der Waals surface area contributed by atoms with E-state index in [0.29, 0.717) is 0 Å². The number of carbonyl (C=O) groups excluding carboxylic acids is 1. The van der Waals surface area contributed by atoms with E-state index >= 15 is 0 Å². The highest BCUT2D eigenvalue weighted by Crippen LogP contribution is 2.20. The number of hydrogen-bond acceptors (Lipinski definition) is 2. The minimum atomic E-state index is -4.13. The highest BCUT2D eigenvalue weighted by Gasteiger charge is 2.25. The van der Waals surface area contributed by atoms with E-state index in [-0.39, 0.29) is 13.0 Å². The molecule has 0 radical (unpaired) electrons. The van der Waals surface area contributed by atoms with Crippen LogP contribution in [0.15, 0.2) is 0 Å². The van der Waals surface area contributed by atoms with Crippen molar-refractivity contribution >= 4 is 5.91 Å². The Kier molecular flexibility index (Phi) is 4.76. The first-order chi connectivity index (χ1) is 5.83. The maximum Gasteiger partial charge on any atom is 0.389 e. The van der Waals surface area contributed by atoms with E-state index in [9.17, 15) is 18.0 Å². The topological polar surface area (TPSA) is 55.1 Å². The van der Waals surface area contributed by atoms with Gasteiger partial charge in [0.25, 0.3) is 0 Å². The molecular formula is C7H13F3N2O. The molecule has 0 spiro atoms. The summed E-state index contributed by atoms with van der Waals surface area (Å²) in [5.74, 6) is -0.563. The van der Waals surface area contributed by atoms with Crippen molar-refractivity contribution in [2.24, 2.45) is 5.73 Å². The second kappa shape index (κ2) is 5.06. The molecule has 0 saturated carbocycles. The van der Waals surface area contributed by atoms with Gasteiger partial charge in [0.15, 0.2) is 0 Å². The number of nitrogens with two attached hydrogens (primary N) is 1. The first-order valence-electron chi connectivity index (χ1n) is 3.92. The van der Waals surface area contributed by atoms with Crippen LogP contribution >= 0.6 is 0 Å². The van der Waals surface area contributed by atoms with Crippen LogP contribution in [0, 0.1) is 0 Å². The van der Waals surface area contributed by atoms with Crippen LogP contribution in [0.4, 0.5) is 13.2 Å². The van der Waals surface area contributed by atoms with Crippen molar-refractivity contribution in [3.63, 3.8) is 0 Å². The van der Waals surface area contributed by atoms with E-state index in [1.165, 1.54) is 6.92 Å². The third-order valence-corrected chi connectivity index (χ3v) is 1.51. The van der Waals surface area contributed by atoms with Crippen LogP contribution in [0.25, 0.3) is 0 Å². The third-order valence-electron chi connectivity index (χ3n) is 1.51. The van der Waals surface area contributed by atoms with Gasteiger partial charge in [-0.2, -0.15) is 13.2 Å². The predicted molar refractivity (Wildman–Crippen MR) is 41.9 cm³/mol.